The summed E-state index contributed by atoms with van der Waals surface area (Å²) in [6.07, 6.45) is 0. The van der Waals surface area contributed by atoms with E-state index in [1.54, 1.807) is 38.5 Å². The summed E-state index contributed by atoms with van der Waals surface area (Å²) in [5, 5.41) is 22.2. The van der Waals surface area contributed by atoms with Gasteiger partial charge in [-0.25, -0.2) is 4.99 Å². The number of hydrogen-bond donors (Lipinski definition) is 1. The van der Waals surface area contributed by atoms with Crippen molar-refractivity contribution in [3.8, 4) is 17.2 Å². The van der Waals surface area contributed by atoms with E-state index in [4.69, 9.17) is 26.1 Å². The lowest BCUT2D eigenvalue weighted by Crippen LogP contribution is -2.28. The van der Waals surface area contributed by atoms with E-state index in [0.717, 1.165) is 21.8 Å². The second-order valence-electron chi connectivity index (χ2n) is 8.45. The molecule has 0 saturated carbocycles. The van der Waals surface area contributed by atoms with Crippen LogP contribution >= 0.6 is 23.4 Å². The number of nitro benzene ring substituents is 1. The van der Waals surface area contributed by atoms with Crippen LogP contribution in [0.4, 0.5) is 11.4 Å². The molecular weight excluding hydrogens is 538 g/mol. The molecule has 4 aromatic carbocycles. The van der Waals surface area contributed by atoms with Crippen molar-refractivity contribution in [2.75, 3.05) is 14.2 Å². The first-order valence-electron chi connectivity index (χ1n) is 11.8. The molecule has 0 atom stereocenters. The van der Waals surface area contributed by atoms with Crippen molar-refractivity contribution in [2.24, 2.45) is 4.99 Å². The molecule has 0 saturated heterocycles. The number of amidine groups is 1. The summed E-state index contributed by atoms with van der Waals surface area (Å²) in [7, 11) is 3.21. The van der Waals surface area contributed by atoms with Crippen LogP contribution in [-0.2, 0) is 13.1 Å². The highest BCUT2D eigenvalue weighted by atomic mass is 35.5. The quantitative estimate of drug-likeness (QED) is 0.0742. The number of aliphatic imine (C=N–C) groups is 1. The number of phenolic OH excluding ortho intramolecular Hbond substituents is 1. The van der Waals surface area contributed by atoms with Gasteiger partial charge in [0.1, 0.15) is 22.3 Å². The smallest absolute Gasteiger partial charge is 0.290 e. The molecule has 0 fully saturated rings. The number of nitrogens with zero attached hydrogens (tertiary/aromatic N) is 3. The molecule has 0 heterocycles. The standard InChI is InChI=1S/C29H26ClN3O5S/c1-37-24-9-4-7-21(15-24)19-32(18-20-6-3-8-23(34)14-20)29(39-26-11-5-10-25(17-26)38-2)31-22-12-13-27(30)28(16-22)33(35)36/h3-17,34H,18-19H2,1-2H3. The van der Waals surface area contributed by atoms with E-state index >= 15 is 0 Å². The monoisotopic (exact) mass is 563 g/mol. The lowest BCUT2D eigenvalue weighted by atomic mass is 10.1. The average Bonchev–Trinajstić information content (AvgIpc) is 2.93. The number of rotatable bonds is 9. The first-order valence-corrected chi connectivity index (χ1v) is 13.0. The van der Waals surface area contributed by atoms with Gasteiger partial charge in [-0.05, 0) is 65.7 Å². The number of nitro groups is 1. The molecule has 10 heteroatoms. The number of methoxy groups -OCH3 is 2. The summed E-state index contributed by atoms with van der Waals surface area (Å²) in [4.78, 5) is 18.8. The van der Waals surface area contributed by atoms with Crippen molar-refractivity contribution in [1.29, 1.82) is 0 Å². The van der Waals surface area contributed by atoms with Gasteiger partial charge in [0.2, 0.25) is 0 Å². The summed E-state index contributed by atoms with van der Waals surface area (Å²) in [5.74, 6) is 1.56. The van der Waals surface area contributed by atoms with Gasteiger partial charge in [-0.2, -0.15) is 0 Å². The van der Waals surface area contributed by atoms with E-state index in [9.17, 15) is 15.2 Å². The van der Waals surface area contributed by atoms with Crippen LogP contribution in [0.25, 0.3) is 0 Å². The molecule has 8 nitrogen and oxygen atoms in total. The third-order valence-electron chi connectivity index (χ3n) is 5.66. The minimum Gasteiger partial charge on any atom is -0.508 e. The third kappa shape index (κ3) is 7.66. The molecule has 0 amide bonds. The number of ether oxygens (including phenoxy) is 2. The molecule has 4 rings (SSSR count). The van der Waals surface area contributed by atoms with Gasteiger partial charge >= 0.3 is 0 Å². The molecular formula is C29H26ClN3O5S. The Morgan fingerprint density at radius 1 is 0.923 bits per heavy atom. The summed E-state index contributed by atoms with van der Waals surface area (Å²) in [5.41, 5.74) is 1.98. The number of benzene rings is 4. The summed E-state index contributed by atoms with van der Waals surface area (Å²) in [6, 6.07) is 26.7. The van der Waals surface area contributed by atoms with Gasteiger partial charge in [-0.1, -0.05) is 53.7 Å². The Bertz CT molecular complexity index is 1500. The molecule has 0 aromatic heterocycles. The molecule has 0 unspecified atom stereocenters. The highest BCUT2D eigenvalue weighted by molar-refractivity contribution is 8.13. The maximum atomic E-state index is 11.5. The summed E-state index contributed by atoms with van der Waals surface area (Å²) >= 11 is 7.45. The Hall–Kier alpha value is -4.21. The topological polar surface area (TPSA) is 97.4 Å². The number of halogens is 1. The average molecular weight is 564 g/mol. The van der Waals surface area contributed by atoms with Crippen LogP contribution in [0.1, 0.15) is 11.1 Å². The Labute approximate surface area is 235 Å². The Morgan fingerprint density at radius 3 is 2.23 bits per heavy atom. The lowest BCUT2D eigenvalue weighted by molar-refractivity contribution is -0.384. The van der Waals surface area contributed by atoms with Crippen molar-refractivity contribution in [3.05, 3.63) is 117 Å². The molecule has 0 bridgehead atoms. The largest absolute Gasteiger partial charge is 0.508 e. The Morgan fingerprint density at radius 2 is 1.56 bits per heavy atom. The van der Waals surface area contributed by atoms with Crippen LogP contribution in [0.2, 0.25) is 5.02 Å². The maximum Gasteiger partial charge on any atom is 0.290 e. The van der Waals surface area contributed by atoms with E-state index in [0.29, 0.717) is 29.7 Å². The zero-order valence-corrected chi connectivity index (χ0v) is 22.9. The van der Waals surface area contributed by atoms with Crippen LogP contribution in [0.3, 0.4) is 0 Å². The Kier molecular flexibility index (Phi) is 9.30. The minimum atomic E-state index is -0.531. The third-order valence-corrected chi connectivity index (χ3v) is 7.00. The van der Waals surface area contributed by atoms with Crippen LogP contribution in [0.5, 0.6) is 17.2 Å². The van der Waals surface area contributed by atoms with Crippen LogP contribution in [-0.4, -0.2) is 34.3 Å². The fourth-order valence-corrected chi connectivity index (χ4v) is 4.94. The lowest BCUT2D eigenvalue weighted by Gasteiger charge is -2.26. The predicted molar refractivity (Wildman–Crippen MR) is 154 cm³/mol. The van der Waals surface area contributed by atoms with Gasteiger partial charge in [0.05, 0.1) is 24.8 Å². The molecule has 39 heavy (non-hydrogen) atoms. The number of thioether (sulfide) groups is 1. The van der Waals surface area contributed by atoms with Crippen molar-refractivity contribution in [1.82, 2.24) is 4.90 Å². The number of hydrogen-bond acceptors (Lipinski definition) is 7. The second kappa shape index (κ2) is 13.0. The normalized spacial score (nSPS) is 11.2. The molecule has 200 valence electrons. The van der Waals surface area contributed by atoms with E-state index in [2.05, 4.69) is 0 Å². The van der Waals surface area contributed by atoms with Crippen molar-refractivity contribution < 1.29 is 19.5 Å². The first kappa shape index (κ1) is 27.8. The van der Waals surface area contributed by atoms with Gasteiger partial charge in [0.25, 0.3) is 5.69 Å². The van der Waals surface area contributed by atoms with Gasteiger partial charge in [0, 0.05) is 24.1 Å². The molecule has 0 aliphatic rings. The van der Waals surface area contributed by atoms with E-state index < -0.39 is 4.92 Å². The van der Waals surface area contributed by atoms with Crippen molar-refractivity contribution >= 4 is 39.9 Å². The number of phenols is 1. The number of aromatic hydroxyl groups is 1. The maximum absolute atomic E-state index is 11.5. The second-order valence-corrected chi connectivity index (χ2v) is 9.89. The molecule has 1 N–H and O–H groups in total. The predicted octanol–water partition coefficient (Wildman–Crippen LogP) is 7.45. The van der Waals surface area contributed by atoms with Gasteiger partial charge in [-0.15, -0.1) is 0 Å². The van der Waals surface area contributed by atoms with Crippen LogP contribution in [0, 0.1) is 10.1 Å². The SMILES string of the molecule is COc1cccc(CN(Cc2cccc(O)c2)C(=Nc2ccc(Cl)c([N+](=O)[O-])c2)Sc2cccc(OC)c2)c1. The fourth-order valence-electron chi connectivity index (χ4n) is 3.81. The summed E-state index contributed by atoms with van der Waals surface area (Å²) in [6.45, 7) is 0.843. The zero-order chi connectivity index (χ0) is 27.8. The Balaban J connectivity index is 1.82. The highest BCUT2D eigenvalue weighted by Gasteiger charge is 2.18. The van der Waals surface area contributed by atoms with Crippen LogP contribution < -0.4 is 9.47 Å². The molecule has 4 aromatic rings. The highest BCUT2D eigenvalue weighted by Crippen LogP contribution is 2.33. The molecule has 0 radical (unpaired) electrons. The molecule has 0 spiro atoms. The first-order chi connectivity index (χ1) is 18.8. The van der Waals surface area contributed by atoms with E-state index in [1.807, 2.05) is 59.5 Å². The van der Waals surface area contributed by atoms with Crippen LogP contribution in [0.15, 0.2) is 101 Å². The van der Waals surface area contributed by atoms with Crippen molar-refractivity contribution in [2.45, 2.75) is 18.0 Å². The van der Waals surface area contributed by atoms with Crippen molar-refractivity contribution in [3.63, 3.8) is 0 Å². The zero-order valence-electron chi connectivity index (χ0n) is 21.3. The summed E-state index contributed by atoms with van der Waals surface area (Å²) < 4.78 is 10.8. The minimum absolute atomic E-state index is 0.0361. The van der Waals surface area contributed by atoms with E-state index in [1.165, 1.54) is 23.9 Å². The fraction of sp³-hybridized carbons (Fsp3) is 0.138. The van der Waals surface area contributed by atoms with Gasteiger partial charge in [0.15, 0.2) is 5.17 Å². The molecule has 0 aliphatic carbocycles. The van der Waals surface area contributed by atoms with E-state index in [-0.39, 0.29) is 16.5 Å². The van der Waals surface area contributed by atoms with Gasteiger partial charge < -0.3 is 19.5 Å². The molecule has 0 aliphatic heterocycles. The van der Waals surface area contributed by atoms with Gasteiger partial charge in [-0.3, -0.25) is 10.1 Å².